The third-order valence-electron chi connectivity index (χ3n) is 3.15. The van der Waals surface area contributed by atoms with Gasteiger partial charge in [0, 0.05) is 17.7 Å². The van der Waals surface area contributed by atoms with Gasteiger partial charge in [-0.15, -0.1) is 0 Å². The highest BCUT2D eigenvalue weighted by Crippen LogP contribution is 2.29. The maximum Gasteiger partial charge on any atom is 0.134 e. The zero-order valence-corrected chi connectivity index (χ0v) is 11.1. The van der Waals surface area contributed by atoms with Gasteiger partial charge in [0.15, 0.2) is 0 Å². The number of methoxy groups -OCH3 is 1. The lowest BCUT2D eigenvalue weighted by Crippen LogP contribution is -2.16. The first-order valence-corrected chi connectivity index (χ1v) is 5.98. The molecule has 2 nitrogen and oxygen atoms in total. The smallest absolute Gasteiger partial charge is 0.134 e. The van der Waals surface area contributed by atoms with E-state index in [0.29, 0.717) is 23.4 Å². The van der Waals surface area contributed by atoms with Crippen LogP contribution in [0.4, 0.5) is 13.2 Å². The average molecular weight is 281 g/mol. The molecule has 0 saturated heterocycles. The molecule has 1 atom stereocenters. The highest BCUT2D eigenvalue weighted by Gasteiger charge is 2.20. The molecular formula is C15H14F3NO. The molecule has 20 heavy (non-hydrogen) atoms. The number of benzene rings is 2. The van der Waals surface area contributed by atoms with Crippen molar-refractivity contribution in [2.24, 2.45) is 5.73 Å². The Labute approximate surface area is 115 Å². The van der Waals surface area contributed by atoms with Crippen LogP contribution < -0.4 is 10.5 Å². The van der Waals surface area contributed by atoms with E-state index in [2.05, 4.69) is 0 Å². The SMILES string of the molecule is COc1cc(C(N)c2c(F)cc(F)cc2F)ccc1C. The van der Waals surface area contributed by atoms with Crippen molar-refractivity contribution >= 4 is 0 Å². The van der Waals surface area contributed by atoms with Crippen molar-refractivity contribution < 1.29 is 17.9 Å². The lowest BCUT2D eigenvalue weighted by molar-refractivity contribution is 0.410. The predicted molar refractivity (Wildman–Crippen MR) is 70.1 cm³/mol. The van der Waals surface area contributed by atoms with Crippen LogP contribution >= 0.6 is 0 Å². The van der Waals surface area contributed by atoms with Crippen LogP contribution in [0.5, 0.6) is 5.75 Å². The van der Waals surface area contributed by atoms with Crippen LogP contribution in [0.1, 0.15) is 22.7 Å². The third-order valence-corrected chi connectivity index (χ3v) is 3.15. The van der Waals surface area contributed by atoms with E-state index in [-0.39, 0.29) is 5.56 Å². The number of ether oxygens (including phenoxy) is 1. The first-order valence-electron chi connectivity index (χ1n) is 5.98. The Bertz CT molecular complexity index is 620. The standard InChI is InChI=1S/C15H14F3NO/c1-8-3-4-9(5-13(8)20-2)15(19)14-11(17)6-10(16)7-12(14)18/h3-7,15H,19H2,1-2H3. The Kier molecular flexibility index (Phi) is 3.99. The average Bonchev–Trinajstić information content (AvgIpc) is 2.37. The zero-order chi connectivity index (χ0) is 14.9. The Morgan fingerprint density at radius 2 is 1.65 bits per heavy atom. The summed E-state index contributed by atoms with van der Waals surface area (Å²) in [6.45, 7) is 1.84. The number of halogens is 3. The zero-order valence-electron chi connectivity index (χ0n) is 11.1. The van der Waals surface area contributed by atoms with Gasteiger partial charge in [0.25, 0.3) is 0 Å². The summed E-state index contributed by atoms with van der Waals surface area (Å²) in [5.74, 6) is -2.41. The number of hydrogen-bond acceptors (Lipinski definition) is 2. The molecule has 0 fully saturated rings. The second kappa shape index (κ2) is 5.54. The summed E-state index contributed by atoms with van der Waals surface area (Å²) in [5.41, 5.74) is 6.88. The molecule has 0 aromatic heterocycles. The quantitative estimate of drug-likeness (QED) is 0.935. The number of hydrogen-bond donors (Lipinski definition) is 1. The second-order valence-electron chi connectivity index (χ2n) is 4.49. The van der Waals surface area contributed by atoms with Crippen molar-refractivity contribution in [2.45, 2.75) is 13.0 Å². The number of aryl methyl sites for hydroxylation is 1. The normalized spacial score (nSPS) is 12.3. The van der Waals surface area contributed by atoms with E-state index in [1.807, 2.05) is 6.92 Å². The fourth-order valence-corrected chi connectivity index (χ4v) is 2.05. The van der Waals surface area contributed by atoms with Crippen LogP contribution in [0.3, 0.4) is 0 Å². The van der Waals surface area contributed by atoms with Gasteiger partial charge >= 0.3 is 0 Å². The van der Waals surface area contributed by atoms with Gasteiger partial charge in [-0.1, -0.05) is 12.1 Å². The van der Waals surface area contributed by atoms with Gasteiger partial charge in [0.05, 0.1) is 13.2 Å². The molecule has 5 heteroatoms. The van der Waals surface area contributed by atoms with E-state index in [9.17, 15) is 13.2 Å². The number of rotatable bonds is 3. The Balaban J connectivity index is 2.49. The molecule has 1 unspecified atom stereocenters. The van der Waals surface area contributed by atoms with Crippen molar-refractivity contribution in [1.29, 1.82) is 0 Å². The van der Waals surface area contributed by atoms with Gasteiger partial charge in [-0.3, -0.25) is 0 Å². The third kappa shape index (κ3) is 2.63. The Morgan fingerprint density at radius 3 is 2.20 bits per heavy atom. The van der Waals surface area contributed by atoms with Crippen LogP contribution in [-0.2, 0) is 0 Å². The van der Waals surface area contributed by atoms with E-state index < -0.39 is 23.5 Å². The molecule has 0 spiro atoms. The molecule has 2 N–H and O–H groups in total. The molecule has 0 aliphatic carbocycles. The van der Waals surface area contributed by atoms with Gasteiger partial charge in [0.2, 0.25) is 0 Å². The Morgan fingerprint density at radius 1 is 1.05 bits per heavy atom. The summed E-state index contributed by atoms with van der Waals surface area (Å²) in [5, 5.41) is 0. The summed E-state index contributed by atoms with van der Waals surface area (Å²) in [7, 11) is 1.50. The monoisotopic (exact) mass is 281 g/mol. The van der Waals surface area contributed by atoms with Crippen molar-refractivity contribution in [1.82, 2.24) is 0 Å². The lowest BCUT2D eigenvalue weighted by Gasteiger charge is -2.16. The predicted octanol–water partition coefficient (Wildman–Crippen LogP) is 3.47. The van der Waals surface area contributed by atoms with Crippen LogP contribution in [-0.4, -0.2) is 7.11 Å². The maximum atomic E-state index is 13.7. The van der Waals surface area contributed by atoms with Crippen molar-refractivity contribution in [2.75, 3.05) is 7.11 Å². The summed E-state index contributed by atoms with van der Waals surface area (Å²) >= 11 is 0. The molecule has 2 rings (SSSR count). The largest absolute Gasteiger partial charge is 0.496 e. The van der Waals surface area contributed by atoms with E-state index in [4.69, 9.17) is 10.5 Å². The Hall–Kier alpha value is -2.01. The highest BCUT2D eigenvalue weighted by atomic mass is 19.1. The molecule has 0 bridgehead atoms. The van der Waals surface area contributed by atoms with Gasteiger partial charge in [-0.25, -0.2) is 13.2 Å². The lowest BCUT2D eigenvalue weighted by atomic mass is 9.97. The first-order chi connectivity index (χ1) is 9.43. The molecule has 106 valence electrons. The molecular weight excluding hydrogens is 267 g/mol. The van der Waals surface area contributed by atoms with Gasteiger partial charge in [-0.2, -0.15) is 0 Å². The molecule has 0 aliphatic rings. The summed E-state index contributed by atoms with van der Waals surface area (Å²) in [6, 6.07) is 5.21. The summed E-state index contributed by atoms with van der Waals surface area (Å²) in [6.07, 6.45) is 0. The molecule has 0 aliphatic heterocycles. The van der Waals surface area contributed by atoms with Gasteiger partial charge in [-0.05, 0) is 24.1 Å². The topological polar surface area (TPSA) is 35.2 Å². The minimum absolute atomic E-state index is 0.364. The summed E-state index contributed by atoms with van der Waals surface area (Å²) in [4.78, 5) is 0. The van der Waals surface area contributed by atoms with Gasteiger partial charge < -0.3 is 10.5 Å². The van der Waals surface area contributed by atoms with E-state index in [0.717, 1.165) is 5.56 Å². The van der Waals surface area contributed by atoms with Gasteiger partial charge in [0.1, 0.15) is 23.2 Å². The molecule has 0 saturated carbocycles. The fraction of sp³-hybridized carbons (Fsp3) is 0.200. The van der Waals surface area contributed by atoms with Crippen LogP contribution in [0.15, 0.2) is 30.3 Å². The molecule has 0 amide bonds. The van der Waals surface area contributed by atoms with Crippen LogP contribution in [0.25, 0.3) is 0 Å². The maximum absolute atomic E-state index is 13.7. The minimum atomic E-state index is -1.04. The second-order valence-corrected chi connectivity index (χ2v) is 4.49. The molecule has 0 heterocycles. The summed E-state index contributed by atoms with van der Waals surface area (Å²) < 4.78 is 45.5. The highest BCUT2D eigenvalue weighted by molar-refractivity contribution is 5.41. The molecule has 0 radical (unpaired) electrons. The molecule has 2 aromatic rings. The fourth-order valence-electron chi connectivity index (χ4n) is 2.05. The first kappa shape index (κ1) is 14.4. The molecule has 2 aromatic carbocycles. The minimum Gasteiger partial charge on any atom is -0.496 e. The number of nitrogens with two attached hydrogens (primary N) is 1. The van der Waals surface area contributed by atoms with Crippen molar-refractivity contribution in [3.8, 4) is 5.75 Å². The van der Waals surface area contributed by atoms with E-state index in [1.165, 1.54) is 7.11 Å². The van der Waals surface area contributed by atoms with Crippen LogP contribution in [0, 0.1) is 24.4 Å². The van der Waals surface area contributed by atoms with Crippen molar-refractivity contribution in [3.63, 3.8) is 0 Å². The van der Waals surface area contributed by atoms with Crippen molar-refractivity contribution in [3.05, 3.63) is 64.5 Å². The van der Waals surface area contributed by atoms with Crippen LogP contribution in [0.2, 0.25) is 0 Å². The van der Waals surface area contributed by atoms with E-state index in [1.54, 1.807) is 18.2 Å². The van der Waals surface area contributed by atoms with E-state index >= 15 is 0 Å².